The van der Waals surface area contributed by atoms with Crippen molar-refractivity contribution in [3.63, 3.8) is 0 Å². The van der Waals surface area contributed by atoms with Crippen LogP contribution in [0.15, 0.2) is 12.3 Å². The molecule has 2 rings (SSSR count). The van der Waals surface area contributed by atoms with E-state index in [-0.39, 0.29) is 19.5 Å². The van der Waals surface area contributed by atoms with Crippen molar-refractivity contribution >= 4 is 5.95 Å². The quantitative estimate of drug-likeness (QED) is 0.879. The Kier molecular flexibility index (Phi) is 3.70. The number of hydrogen-bond donors (Lipinski definition) is 1. The number of alkyl halides is 3. The first-order valence-electron chi connectivity index (χ1n) is 5.84. The van der Waals surface area contributed by atoms with Crippen LogP contribution in [0.1, 0.15) is 18.5 Å². The number of nitrogens with two attached hydrogens (primary N) is 1. The molecule has 1 atom stereocenters. The Balaban J connectivity index is 2.13. The number of rotatable bonds is 2. The Morgan fingerprint density at radius 1 is 1.44 bits per heavy atom. The van der Waals surface area contributed by atoms with Crippen LogP contribution < -0.4 is 10.6 Å². The Morgan fingerprint density at radius 2 is 2.22 bits per heavy atom. The van der Waals surface area contributed by atoms with Gasteiger partial charge in [-0.25, -0.2) is 9.97 Å². The van der Waals surface area contributed by atoms with Crippen molar-refractivity contribution in [1.29, 1.82) is 0 Å². The molecule has 4 nitrogen and oxygen atoms in total. The third-order valence-electron chi connectivity index (χ3n) is 3.08. The first-order valence-corrected chi connectivity index (χ1v) is 5.84. The molecule has 2 heterocycles. The largest absolute Gasteiger partial charge is 0.393 e. The molecule has 1 aromatic heterocycles. The van der Waals surface area contributed by atoms with Crippen molar-refractivity contribution in [2.75, 3.05) is 18.0 Å². The topological polar surface area (TPSA) is 55.0 Å². The van der Waals surface area contributed by atoms with E-state index in [1.54, 1.807) is 11.0 Å². The molecule has 1 aliphatic rings. The van der Waals surface area contributed by atoms with E-state index in [0.29, 0.717) is 24.6 Å². The van der Waals surface area contributed by atoms with Crippen molar-refractivity contribution in [3.05, 3.63) is 18.0 Å². The third-order valence-corrected chi connectivity index (χ3v) is 3.08. The molecule has 0 radical (unpaired) electrons. The molecule has 7 heteroatoms. The number of piperidine rings is 1. The highest BCUT2D eigenvalue weighted by molar-refractivity contribution is 5.31. The van der Waals surface area contributed by atoms with Crippen LogP contribution in [0, 0.1) is 5.92 Å². The molecule has 1 saturated heterocycles. The van der Waals surface area contributed by atoms with Gasteiger partial charge in [-0.2, -0.15) is 13.2 Å². The van der Waals surface area contributed by atoms with E-state index < -0.39 is 12.1 Å². The van der Waals surface area contributed by atoms with Gasteiger partial charge in [0.1, 0.15) is 0 Å². The maximum Gasteiger partial charge on any atom is 0.393 e. The van der Waals surface area contributed by atoms with Gasteiger partial charge in [0.15, 0.2) is 0 Å². The highest BCUT2D eigenvalue weighted by atomic mass is 19.4. The summed E-state index contributed by atoms with van der Waals surface area (Å²) in [5.74, 6) is -0.955. The van der Waals surface area contributed by atoms with Crippen LogP contribution in [0.5, 0.6) is 0 Å². The van der Waals surface area contributed by atoms with E-state index in [2.05, 4.69) is 9.97 Å². The number of aromatic nitrogens is 2. The van der Waals surface area contributed by atoms with Crippen LogP contribution in [-0.4, -0.2) is 29.2 Å². The molecule has 0 aliphatic carbocycles. The summed E-state index contributed by atoms with van der Waals surface area (Å²) in [6.45, 7) is 0.740. The predicted molar refractivity (Wildman–Crippen MR) is 60.9 cm³/mol. The molecule has 18 heavy (non-hydrogen) atoms. The summed E-state index contributed by atoms with van der Waals surface area (Å²) in [6, 6.07) is 1.66. The van der Waals surface area contributed by atoms with Crippen molar-refractivity contribution in [2.24, 2.45) is 11.7 Å². The average molecular weight is 260 g/mol. The molecular weight excluding hydrogens is 245 g/mol. The van der Waals surface area contributed by atoms with Gasteiger partial charge in [0.2, 0.25) is 5.95 Å². The highest BCUT2D eigenvalue weighted by Crippen LogP contribution is 2.33. The van der Waals surface area contributed by atoms with Gasteiger partial charge in [-0.15, -0.1) is 0 Å². The van der Waals surface area contributed by atoms with Crippen LogP contribution in [0.2, 0.25) is 0 Å². The van der Waals surface area contributed by atoms with Crippen molar-refractivity contribution in [3.8, 4) is 0 Å². The average Bonchev–Trinajstić information content (AvgIpc) is 2.38. The molecule has 1 fully saturated rings. The molecular formula is C11H15F3N4. The minimum atomic E-state index is -4.15. The zero-order chi connectivity index (χ0) is 13.2. The number of anilines is 1. The first kappa shape index (κ1) is 13.1. The van der Waals surface area contributed by atoms with Crippen molar-refractivity contribution in [1.82, 2.24) is 9.97 Å². The van der Waals surface area contributed by atoms with Gasteiger partial charge in [-0.1, -0.05) is 0 Å². The molecule has 100 valence electrons. The second-order valence-electron chi connectivity index (χ2n) is 4.38. The van der Waals surface area contributed by atoms with Gasteiger partial charge in [0.05, 0.1) is 11.6 Å². The molecule has 0 spiro atoms. The summed E-state index contributed by atoms with van der Waals surface area (Å²) < 4.78 is 38.1. The smallest absolute Gasteiger partial charge is 0.340 e. The molecule has 0 amide bonds. The fraction of sp³-hybridized carbons (Fsp3) is 0.636. The minimum absolute atomic E-state index is 0.0719. The number of halogens is 3. The summed E-state index contributed by atoms with van der Waals surface area (Å²) in [7, 11) is 0. The minimum Gasteiger partial charge on any atom is -0.340 e. The monoisotopic (exact) mass is 260 g/mol. The Bertz CT molecular complexity index is 408. The lowest BCUT2D eigenvalue weighted by atomic mass is 9.98. The Labute approximate surface area is 103 Å². The lowest BCUT2D eigenvalue weighted by molar-refractivity contribution is -0.176. The summed E-state index contributed by atoms with van der Waals surface area (Å²) in [4.78, 5) is 9.76. The van der Waals surface area contributed by atoms with Gasteiger partial charge in [0.25, 0.3) is 0 Å². The maximum atomic E-state index is 12.7. The summed E-state index contributed by atoms with van der Waals surface area (Å²) in [5.41, 5.74) is 6.09. The van der Waals surface area contributed by atoms with Crippen LogP contribution in [0.3, 0.4) is 0 Å². The van der Waals surface area contributed by atoms with E-state index in [9.17, 15) is 13.2 Å². The fourth-order valence-electron chi connectivity index (χ4n) is 2.08. The zero-order valence-electron chi connectivity index (χ0n) is 9.82. The van der Waals surface area contributed by atoms with Crippen molar-refractivity contribution in [2.45, 2.75) is 25.6 Å². The van der Waals surface area contributed by atoms with E-state index in [4.69, 9.17) is 5.73 Å². The molecule has 0 saturated carbocycles. The van der Waals surface area contributed by atoms with Gasteiger partial charge >= 0.3 is 6.18 Å². The van der Waals surface area contributed by atoms with Gasteiger partial charge in [0, 0.05) is 25.8 Å². The second-order valence-corrected chi connectivity index (χ2v) is 4.38. The molecule has 0 aromatic carbocycles. The third kappa shape index (κ3) is 2.90. The summed E-state index contributed by atoms with van der Waals surface area (Å²) in [5, 5.41) is 0. The van der Waals surface area contributed by atoms with E-state index in [1.165, 1.54) is 6.20 Å². The van der Waals surface area contributed by atoms with E-state index in [1.807, 2.05) is 0 Å². The van der Waals surface area contributed by atoms with E-state index in [0.717, 1.165) is 0 Å². The van der Waals surface area contributed by atoms with Gasteiger partial charge < -0.3 is 10.6 Å². The highest BCUT2D eigenvalue weighted by Gasteiger charge is 2.42. The molecule has 1 aliphatic heterocycles. The molecule has 1 unspecified atom stereocenters. The molecule has 2 N–H and O–H groups in total. The zero-order valence-corrected chi connectivity index (χ0v) is 9.82. The summed E-state index contributed by atoms with van der Waals surface area (Å²) in [6.07, 6.45) is -1.94. The number of hydrogen-bond acceptors (Lipinski definition) is 4. The lowest BCUT2D eigenvalue weighted by Crippen LogP contribution is -2.42. The van der Waals surface area contributed by atoms with Crippen LogP contribution in [0.25, 0.3) is 0 Å². The first-order chi connectivity index (χ1) is 8.50. The standard InChI is InChI=1S/C11H15F3N4/c12-11(13,14)8-2-1-5-18(7-8)10-16-4-3-9(6-15)17-10/h3-4,8H,1-2,5-7,15H2. The summed E-state index contributed by atoms with van der Waals surface area (Å²) >= 11 is 0. The fourth-order valence-corrected chi connectivity index (χ4v) is 2.08. The maximum absolute atomic E-state index is 12.7. The van der Waals surface area contributed by atoms with E-state index >= 15 is 0 Å². The van der Waals surface area contributed by atoms with Gasteiger partial charge in [-0.05, 0) is 18.9 Å². The van der Waals surface area contributed by atoms with Crippen molar-refractivity contribution < 1.29 is 13.2 Å². The molecule has 1 aromatic rings. The Hall–Kier alpha value is -1.37. The van der Waals surface area contributed by atoms with Crippen LogP contribution >= 0.6 is 0 Å². The SMILES string of the molecule is NCc1ccnc(N2CCCC(C(F)(F)F)C2)n1. The Morgan fingerprint density at radius 3 is 2.89 bits per heavy atom. The van der Waals surface area contributed by atoms with Crippen LogP contribution in [0.4, 0.5) is 19.1 Å². The lowest BCUT2D eigenvalue weighted by Gasteiger charge is -2.33. The number of nitrogens with zero attached hydrogens (tertiary/aromatic N) is 3. The predicted octanol–water partition coefficient (Wildman–Crippen LogP) is 1.71. The van der Waals surface area contributed by atoms with Crippen LogP contribution in [-0.2, 0) is 6.54 Å². The second kappa shape index (κ2) is 5.09. The normalized spacial score (nSPS) is 21.1. The van der Waals surface area contributed by atoms with Gasteiger partial charge in [-0.3, -0.25) is 0 Å². The molecule has 0 bridgehead atoms.